The molecule has 1 aromatic heterocycles. The van der Waals surface area contributed by atoms with Crippen LogP contribution in [0.4, 0.5) is 0 Å². The number of para-hydroxylation sites is 1. The average Bonchev–Trinajstić information content (AvgIpc) is 2.62. The molecule has 0 amide bonds. The average molecular weight is 309 g/mol. The zero-order valence-corrected chi connectivity index (χ0v) is 14.0. The Bertz CT molecular complexity index is 1030. The van der Waals surface area contributed by atoms with Crippen molar-refractivity contribution in [1.29, 1.82) is 0 Å². The Labute approximate surface area is 142 Å². The molecule has 0 aliphatic heterocycles. The van der Waals surface area contributed by atoms with Crippen molar-refractivity contribution in [2.45, 2.75) is 13.8 Å². The number of benzene rings is 3. The van der Waals surface area contributed by atoms with E-state index in [1.54, 1.807) is 0 Å². The number of rotatable bonds is 2. The predicted molar refractivity (Wildman–Crippen MR) is 102 cm³/mol. The fourth-order valence-corrected chi connectivity index (χ4v) is 3.34. The molecule has 0 bridgehead atoms. The molecule has 4 rings (SSSR count). The van der Waals surface area contributed by atoms with E-state index in [1.165, 1.54) is 33.2 Å². The monoisotopic (exact) mass is 309 g/mol. The second-order valence-electron chi connectivity index (χ2n) is 6.23. The van der Waals surface area contributed by atoms with Crippen molar-refractivity contribution in [3.05, 3.63) is 90.1 Å². The fraction of sp³-hybridized carbons (Fsp3) is 0.0870. The fourth-order valence-electron chi connectivity index (χ4n) is 3.34. The predicted octanol–water partition coefficient (Wildman–Crippen LogP) is 6.19. The summed E-state index contributed by atoms with van der Waals surface area (Å²) in [6, 6.07) is 25.6. The van der Waals surface area contributed by atoms with Crippen LogP contribution in [0.2, 0.25) is 0 Å². The van der Waals surface area contributed by atoms with Gasteiger partial charge in [0.25, 0.3) is 0 Å². The molecule has 0 saturated heterocycles. The first-order valence-electron chi connectivity index (χ1n) is 8.25. The van der Waals surface area contributed by atoms with Crippen molar-refractivity contribution in [1.82, 2.24) is 4.98 Å². The number of nitrogens with zero attached hydrogens (tertiary/aromatic N) is 1. The maximum atomic E-state index is 4.64. The van der Waals surface area contributed by atoms with Gasteiger partial charge in [-0.1, -0.05) is 60.7 Å². The van der Waals surface area contributed by atoms with Gasteiger partial charge in [-0.3, -0.25) is 4.98 Å². The maximum absolute atomic E-state index is 4.64. The van der Waals surface area contributed by atoms with E-state index in [-0.39, 0.29) is 0 Å². The molecule has 0 radical (unpaired) electrons. The molecular formula is C23H19N. The van der Waals surface area contributed by atoms with Crippen LogP contribution in [0.1, 0.15) is 11.1 Å². The van der Waals surface area contributed by atoms with Crippen molar-refractivity contribution in [2.24, 2.45) is 0 Å². The summed E-state index contributed by atoms with van der Waals surface area (Å²) in [6.45, 7) is 4.35. The maximum Gasteiger partial charge on any atom is 0.0702 e. The van der Waals surface area contributed by atoms with E-state index in [0.29, 0.717) is 0 Å². The lowest BCUT2D eigenvalue weighted by Gasteiger charge is -2.15. The molecule has 116 valence electrons. The molecule has 0 spiro atoms. The van der Waals surface area contributed by atoms with Crippen LogP contribution >= 0.6 is 0 Å². The van der Waals surface area contributed by atoms with Crippen LogP contribution in [0.5, 0.6) is 0 Å². The van der Waals surface area contributed by atoms with Gasteiger partial charge in [0.1, 0.15) is 0 Å². The summed E-state index contributed by atoms with van der Waals surface area (Å²) >= 11 is 0. The van der Waals surface area contributed by atoms with Crippen molar-refractivity contribution in [2.75, 3.05) is 0 Å². The third-order valence-corrected chi connectivity index (χ3v) is 4.59. The van der Waals surface area contributed by atoms with Crippen LogP contribution in [0.15, 0.2) is 79.0 Å². The highest BCUT2D eigenvalue weighted by molar-refractivity contribution is 5.90. The minimum absolute atomic E-state index is 1.03. The summed E-state index contributed by atoms with van der Waals surface area (Å²) in [5.41, 5.74) is 8.60. The second-order valence-corrected chi connectivity index (χ2v) is 6.23. The minimum atomic E-state index is 1.03. The van der Waals surface area contributed by atoms with Crippen LogP contribution in [0.25, 0.3) is 33.2 Å². The summed E-state index contributed by atoms with van der Waals surface area (Å²) in [5, 5.41) is 1.17. The molecule has 0 atom stereocenters. The van der Waals surface area contributed by atoms with E-state index >= 15 is 0 Å². The molecule has 0 unspecified atom stereocenters. The third-order valence-electron chi connectivity index (χ3n) is 4.59. The van der Waals surface area contributed by atoms with Crippen molar-refractivity contribution < 1.29 is 0 Å². The number of fused-ring (bicyclic) bond motifs is 1. The number of pyridine rings is 1. The Kier molecular flexibility index (Phi) is 3.62. The Balaban J connectivity index is 1.98. The van der Waals surface area contributed by atoms with Gasteiger partial charge in [0, 0.05) is 17.1 Å². The first-order valence-corrected chi connectivity index (χ1v) is 8.25. The lowest BCUT2D eigenvalue weighted by atomic mass is 9.89. The van der Waals surface area contributed by atoms with Crippen LogP contribution in [-0.2, 0) is 0 Å². The van der Waals surface area contributed by atoms with Gasteiger partial charge in [-0.15, -0.1) is 0 Å². The molecule has 0 fully saturated rings. The zero-order chi connectivity index (χ0) is 16.5. The van der Waals surface area contributed by atoms with Gasteiger partial charge in [0.05, 0.1) is 5.52 Å². The normalized spacial score (nSPS) is 10.9. The van der Waals surface area contributed by atoms with Crippen molar-refractivity contribution >= 4 is 10.9 Å². The summed E-state index contributed by atoms with van der Waals surface area (Å²) in [6.07, 6.45) is 1.98. The van der Waals surface area contributed by atoms with Gasteiger partial charge in [0.15, 0.2) is 0 Å². The highest BCUT2D eigenvalue weighted by Crippen LogP contribution is 2.36. The summed E-state index contributed by atoms with van der Waals surface area (Å²) in [7, 11) is 0. The van der Waals surface area contributed by atoms with Gasteiger partial charge < -0.3 is 0 Å². The first-order chi connectivity index (χ1) is 11.7. The zero-order valence-electron chi connectivity index (χ0n) is 14.0. The molecule has 3 aromatic carbocycles. The standard InChI is InChI=1S/C23H19N/c1-16-8-3-5-11-20(16)23-17(2)9-7-12-21(23)19-14-18-10-4-6-13-22(18)24-15-19/h3-15H,1-2H3. The summed E-state index contributed by atoms with van der Waals surface area (Å²) in [5.74, 6) is 0. The highest BCUT2D eigenvalue weighted by atomic mass is 14.6. The molecule has 24 heavy (non-hydrogen) atoms. The molecular weight excluding hydrogens is 290 g/mol. The van der Waals surface area contributed by atoms with E-state index in [1.807, 2.05) is 12.3 Å². The van der Waals surface area contributed by atoms with E-state index in [4.69, 9.17) is 0 Å². The van der Waals surface area contributed by atoms with E-state index in [9.17, 15) is 0 Å². The number of hydrogen-bond acceptors (Lipinski definition) is 1. The van der Waals surface area contributed by atoms with E-state index in [0.717, 1.165) is 11.1 Å². The lowest BCUT2D eigenvalue weighted by molar-refractivity contribution is 1.38. The largest absolute Gasteiger partial charge is 0.256 e. The molecule has 0 saturated carbocycles. The van der Waals surface area contributed by atoms with Gasteiger partial charge in [-0.25, -0.2) is 0 Å². The van der Waals surface area contributed by atoms with Crippen molar-refractivity contribution in [3.8, 4) is 22.3 Å². The molecule has 4 aromatic rings. The molecule has 1 heterocycles. The molecule has 0 N–H and O–H groups in total. The number of aryl methyl sites for hydroxylation is 2. The molecule has 1 nitrogen and oxygen atoms in total. The van der Waals surface area contributed by atoms with E-state index in [2.05, 4.69) is 85.6 Å². The minimum Gasteiger partial charge on any atom is -0.256 e. The van der Waals surface area contributed by atoms with E-state index < -0.39 is 0 Å². The quantitative estimate of drug-likeness (QED) is 0.430. The third kappa shape index (κ3) is 2.48. The highest BCUT2D eigenvalue weighted by Gasteiger charge is 2.12. The molecule has 1 heteroatoms. The van der Waals surface area contributed by atoms with Crippen LogP contribution in [0.3, 0.4) is 0 Å². The number of aromatic nitrogens is 1. The molecule has 0 aliphatic rings. The van der Waals surface area contributed by atoms with Gasteiger partial charge >= 0.3 is 0 Å². The number of hydrogen-bond donors (Lipinski definition) is 0. The van der Waals surface area contributed by atoms with Crippen LogP contribution in [0, 0.1) is 13.8 Å². The molecule has 0 aliphatic carbocycles. The summed E-state index contributed by atoms with van der Waals surface area (Å²) < 4.78 is 0. The Morgan fingerprint density at radius 1 is 0.667 bits per heavy atom. The van der Waals surface area contributed by atoms with Crippen LogP contribution in [-0.4, -0.2) is 4.98 Å². The van der Waals surface area contributed by atoms with Crippen molar-refractivity contribution in [3.63, 3.8) is 0 Å². The van der Waals surface area contributed by atoms with Gasteiger partial charge in [0.2, 0.25) is 0 Å². The Morgan fingerprint density at radius 3 is 2.25 bits per heavy atom. The SMILES string of the molecule is Cc1ccccc1-c1c(C)cccc1-c1cnc2ccccc2c1. The summed E-state index contributed by atoms with van der Waals surface area (Å²) in [4.78, 5) is 4.64. The van der Waals surface area contributed by atoms with Gasteiger partial charge in [-0.2, -0.15) is 0 Å². The Morgan fingerprint density at radius 2 is 1.38 bits per heavy atom. The lowest BCUT2D eigenvalue weighted by Crippen LogP contribution is -1.92. The topological polar surface area (TPSA) is 12.9 Å². The van der Waals surface area contributed by atoms with Crippen LogP contribution < -0.4 is 0 Å². The van der Waals surface area contributed by atoms with Gasteiger partial charge in [-0.05, 0) is 53.8 Å². The smallest absolute Gasteiger partial charge is 0.0702 e. The first kappa shape index (κ1) is 14.6. The second kappa shape index (κ2) is 5.93. The Hall–Kier alpha value is -2.93.